The van der Waals surface area contributed by atoms with Crippen LogP contribution in [0.4, 0.5) is 5.69 Å². The number of anilines is 1. The van der Waals surface area contributed by atoms with E-state index in [1.807, 2.05) is 37.3 Å². The van der Waals surface area contributed by atoms with Gasteiger partial charge in [-0.1, -0.05) is 29.8 Å². The molecule has 24 heavy (non-hydrogen) atoms. The zero-order valence-corrected chi connectivity index (χ0v) is 13.7. The van der Waals surface area contributed by atoms with Crippen LogP contribution in [0.3, 0.4) is 0 Å². The van der Waals surface area contributed by atoms with E-state index in [1.54, 1.807) is 28.0 Å². The highest BCUT2D eigenvalue weighted by Gasteiger charge is 2.26. The van der Waals surface area contributed by atoms with E-state index in [2.05, 4.69) is 0 Å². The van der Waals surface area contributed by atoms with Crippen LogP contribution in [0.15, 0.2) is 48.5 Å². The Labute approximate surface area is 141 Å². The van der Waals surface area contributed by atoms with Crippen molar-refractivity contribution in [3.8, 4) is 0 Å². The van der Waals surface area contributed by atoms with Crippen LogP contribution in [-0.2, 0) is 0 Å². The molecule has 5 nitrogen and oxygen atoms in total. The van der Waals surface area contributed by atoms with Crippen molar-refractivity contribution in [3.63, 3.8) is 0 Å². The zero-order valence-electron chi connectivity index (χ0n) is 13.7. The zero-order chi connectivity index (χ0) is 17.1. The summed E-state index contributed by atoms with van der Waals surface area (Å²) >= 11 is 0. The number of carbonyl (C=O) groups is 2. The van der Waals surface area contributed by atoms with Crippen molar-refractivity contribution in [2.75, 3.05) is 31.9 Å². The fourth-order valence-electron chi connectivity index (χ4n) is 2.85. The Morgan fingerprint density at radius 2 is 1.38 bits per heavy atom. The number of hydrogen-bond acceptors (Lipinski definition) is 3. The van der Waals surface area contributed by atoms with Crippen LogP contribution in [0.1, 0.15) is 26.3 Å². The number of nitrogens with zero attached hydrogens (tertiary/aromatic N) is 2. The fraction of sp³-hybridized carbons (Fsp3) is 0.263. The summed E-state index contributed by atoms with van der Waals surface area (Å²) in [5.74, 6) is -0.0585. The normalized spacial score (nSPS) is 14.5. The third-order valence-corrected chi connectivity index (χ3v) is 4.34. The van der Waals surface area contributed by atoms with E-state index < -0.39 is 0 Å². The molecule has 5 heteroatoms. The number of hydrogen-bond donors (Lipinski definition) is 1. The molecule has 0 saturated carbocycles. The number of aryl methyl sites for hydroxylation is 1. The van der Waals surface area contributed by atoms with Crippen LogP contribution in [0.25, 0.3) is 0 Å². The molecule has 1 aliphatic rings. The first-order valence-electron chi connectivity index (χ1n) is 8.06. The molecule has 1 aliphatic heterocycles. The summed E-state index contributed by atoms with van der Waals surface area (Å²) in [6.07, 6.45) is 0. The topological polar surface area (TPSA) is 66.6 Å². The largest absolute Gasteiger partial charge is 0.398 e. The minimum atomic E-state index is -0.0736. The van der Waals surface area contributed by atoms with Gasteiger partial charge >= 0.3 is 0 Å². The number of rotatable bonds is 2. The molecule has 2 amide bonds. The molecule has 0 aromatic heterocycles. The monoisotopic (exact) mass is 323 g/mol. The third-order valence-electron chi connectivity index (χ3n) is 4.34. The Morgan fingerprint density at radius 3 is 1.96 bits per heavy atom. The second-order valence-corrected chi connectivity index (χ2v) is 6.04. The molecule has 0 atom stereocenters. The Morgan fingerprint density at radius 1 is 0.833 bits per heavy atom. The van der Waals surface area contributed by atoms with Crippen molar-refractivity contribution in [2.45, 2.75) is 6.92 Å². The summed E-state index contributed by atoms with van der Waals surface area (Å²) in [6.45, 7) is 4.10. The van der Waals surface area contributed by atoms with Gasteiger partial charge < -0.3 is 15.5 Å². The molecule has 0 spiro atoms. The lowest BCUT2D eigenvalue weighted by molar-refractivity contribution is 0.0536. The van der Waals surface area contributed by atoms with E-state index in [0.29, 0.717) is 43.0 Å². The molecule has 0 unspecified atom stereocenters. The Hall–Kier alpha value is -2.82. The molecule has 1 fully saturated rings. The van der Waals surface area contributed by atoms with Gasteiger partial charge in [-0.2, -0.15) is 0 Å². The number of carbonyl (C=O) groups excluding carboxylic acids is 2. The minimum absolute atomic E-state index is 0.0151. The van der Waals surface area contributed by atoms with E-state index in [-0.39, 0.29) is 11.8 Å². The second kappa shape index (κ2) is 6.74. The van der Waals surface area contributed by atoms with E-state index in [0.717, 1.165) is 5.56 Å². The van der Waals surface area contributed by atoms with E-state index in [4.69, 9.17) is 5.73 Å². The second-order valence-electron chi connectivity index (χ2n) is 6.04. The summed E-state index contributed by atoms with van der Waals surface area (Å²) in [7, 11) is 0. The van der Waals surface area contributed by atoms with Crippen LogP contribution >= 0.6 is 0 Å². The van der Waals surface area contributed by atoms with Gasteiger partial charge in [0.2, 0.25) is 0 Å². The first-order chi connectivity index (χ1) is 11.6. The molecule has 124 valence electrons. The van der Waals surface area contributed by atoms with E-state index in [9.17, 15) is 9.59 Å². The van der Waals surface area contributed by atoms with Gasteiger partial charge in [0.05, 0.1) is 5.56 Å². The fourth-order valence-corrected chi connectivity index (χ4v) is 2.85. The third kappa shape index (κ3) is 3.25. The first kappa shape index (κ1) is 16.1. The van der Waals surface area contributed by atoms with Crippen molar-refractivity contribution in [2.24, 2.45) is 0 Å². The number of piperazine rings is 1. The number of nitrogens with two attached hydrogens (primary N) is 1. The highest BCUT2D eigenvalue weighted by atomic mass is 16.2. The lowest BCUT2D eigenvalue weighted by Crippen LogP contribution is -2.50. The van der Waals surface area contributed by atoms with Gasteiger partial charge in [0.1, 0.15) is 0 Å². The molecule has 2 aromatic rings. The molecular formula is C19H21N3O2. The van der Waals surface area contributed by atoms with Crippen molar-refractivity contribution < 1.29 is 9.59 Å². The predicted octanol–water partition coefficient (Wildman–Crippen LogP) is 2.18. The molecule has 0 radical (unpaired) electrons. The highest BCUT2D eigenvalue weighted by Crippen LogP contribution is 2.16. The average molecular weight is 323 g/mol. The van der Waals surface area contributed by atoms with Gasteiger partial charge in [-0.05, 0) is 31.2 Å². The summed E-state index contributed by atoms with van der Waals surface area (Å²) in [6, 6.07) is 14.6. The summed E-state index contributed by atoms with van der Waals surface area (Å²) in [5.41, 5.74) is 8.71. The van der Waals surface area contributed by atoms with Crippen LogP contribution in [-0.4, -0.2) is 47.8 Å². The highest BCUT2D eigenvalue weighted by molar-refractivity contribution is 5.99. The van der Waals surface area contributed by atoms with E-state index >= 15 is 0 Å². The lowest BCUT2D eigenvalue weighted by Gasteiger charge is -2.35. The number of amides is 2. The Kier molecular flexibility index (Phi) is 4.51. The van der Waals surface area contributed by atoms with Gasteiger partial charge in [0.15, 0.2) is 0 Å². The van der Waals surface area contributed by atoms with Crippen molar-refractivity contribution in [3.05, 3.63) is 65.2 Å². The van der Waals surface area contributed by atoms with Gasteiger partial charge in [-0.15, -0.1) is 0 Å². The molecule has 2 aromatic carbocycles. The number of para-hydroxylation sites is 1. The van der Waals surface area contributed by atoms with Crippen LogP contribution in [0, 0.1) is 6.92 Å². The average Bonchev–Trinajstić information content (AvgIpc) is 2.62. The molecular weight excluding hydrogens is 302 g/mol. The quantitative estimate of drug-likeness (QED) is 0.861. The molecule has 3 rings (SSSR count). The smallest absolute Gasteiger partial charge is 0.256 e. The van der Waals surface area contributed by atoms with Gasteiger partial charge in [-0.3, -0.25) is 9.59 Å². The van der Waals surface area contributed by atoms with Crippen molar-refractivity contribution in [1.29, 1.82) is 0 Å². The summed E-state index contributed by atoms with van der Waals surface area (Å²) < 4.78 is 0. The minimum Gasteiger partial charge on any atom is -0.398 e. The maximum atomic E-state index is 12.5. The Bertz CT molecular complexity index is 747. The lowest BCUT2D eigenvalue weighted by atomic mass is 10.1. The SMILES string of the molecule is Cc1ccc(C(=O)N2CCN(C(=O)c3ccccc3N)CC2)cc1. The van der Waals surface area contributed by atoms with Gasteiger partial charge in [0, 0.05) is 37.4 Å². The Balaban J connectivity index is 1.63. The first-order valence-corrected chi connectivity index (χ1v) is 8.06. The van der Waals surface area contributed by atoms with Crippen LogP contribution in [0.2, 0.25) is 0 Å². The molecule has 0 aliphatic carbocycles. The predicted molar refractivity (Wildman–Crippen MR) is 93.8 cm³/mol. The maximum absolute atomic E-state index is 12.5. The summed E-state index contributed by atoms with van der Waals surface area (Å²) in [4.78, 5) is 28.6. The number of nitrogen functional groups attached to an aromatic ring is 1. The standard InChI is InChI=1S/C19H21N3O2/c1-14-6-8-15(9-7-14)18(23)21-10-12-22(13-11-21)19(24)16-4-2-3-5-17(16)20/h2-9H,10-13,20H2,1H3. The molecule has 0 bridgehead atoms. The van der Waals surface area contributed by atoms with Gasteiger partial charge in [-0.25, -0.2) is 0 Å². The van der Waals surface area contributed by atoms with Crippen LogP contribution < -0.4 is 5.73 Å². The molecule has 1 saturated heterocycles. The summed E-state index contributed by atoms with van der Waals surface area (Å²) in [5, 5.41) is 0. The molecule has 1 heterocycles. The maximum Gasteiger partial charge on any atom is 0.256 e. The number of benzene rings is 2. The van der Waals surface area contributed by atoms with E-state index in [1.165, 1.54) is 0 Å². The van der Waals surface area contributed by atoms with Crippen molar-refractivity contribution in [1.82, 2.24) is 9.80 Å². The van der Waals surface area contributed by atoms with Crippen LogP contribution in [0.5, 0.6) is 0 Å². The van der Waals surface area contributed by atoms with Crippen molar-refractivity contribution >= 4 is 17.5 Å². The molecule has 2 N–H and O–H groups in total. The van der Waals surface area contributed by atoms with Gasteiger partial charge in [0.25, 0.3) is 11.8 Å².